The maximum atomic E-state index is 12.3. The molecule has 1 aromatic carbocycles. The summed E-state index contributed by atoms with van der Waals surface area (Å²) in [4.78, 5) is 27.8. The number of anilines is 1. The molecule has 2 aliphatic rings. The smallest absolute Gasteiger partial charge is 0.294 e. The van der Waals surface area contributed by atoms with Gasteiger partial charge in [0.05, 0.1) is 31.8 Å². The summed E-state index contributed by atoms with van der Waals surface area (Å²) < 4.78 is 10.8. The van der Waals surface area contributed by atoms with Crippen LogP contribution in [0.15, 0.2) is 23.1 Å². The van der Waals surface area contributed by atoms with Crippen molar-refractivity contribution in [1.82, 2.24) is 4.90 Å². The molecule has 2 amide bonds. The number of hydrogen-bond acceptors (Lipinski definition) is 6. The van der Waals surface area contributed by atoms with Crippen LogP contribution in [0.2, 0.25) is 0 Å². The summed E-state index contributed by atoms with van der Waals surface area (Å²) in [5.41, 5.74) is 1.78. The first-order chi connectivity index (χ1) is 12.1. The maximum absolute atomic E-state index is 12.3. The van der Waals surface area contributed by atoms with E-state index >= 15 is 0 Å². The van der Waals surface area contributed by atoms with Crippen LogP contribution < -0.4 is 9.64 Å². The average Bonchev–Trinajstić information content (AvgIpc) is 2.90. The second kappa shape index (κ2) is 7.64. The minimum atomic E-state index is -0.368. The topological polar surface area (TPSA) is 59.1 Å². The van der Waals surface area contributed by atoms with E-state index in [-0.39, 0.29) is 17.7 Å². The minimum Gasteiger partial charge on any atom is -0.496 e. The van der Waals surface area contributed by atoms with Crippen molar-refractivity contribution in [3.8, 4) is 18.1 Å². The molecule has 0 radical (unpaired) electrons. The summed E-state index contributed by atoms with van der Waals surface area (Å²) in [5.74, 6) is 2.60. The number of benzene rings is 1. The third kappa shape index (κ3) is 3.65. The van der Waals surface area contributed by atoms with Gasteiger partial charge in [0.1, 0.15) is 5.75 Å². The summed E-state index contributed by atoms with van der Waals surface area (Å²) in [6, 6.07) is 5.80. The number of nitrogens with zero attached hydrogens (tertiary/aromatic N) is 2. The number of carbonyl (C=O) groups is 2. The van der Waals surface area contributed by atoms with Crippen molar-refractivity contribution in [1.29, 1.82) is 0 Å². The number of amides is 2. The Labute approximate surface area is 150 Å². The SMILES string of the molecule is C#CCN1C(=O)S/C(=C\c2ccc(N3CCOCC3)cc2OC)C1=O. The zero-order valence-electron chi connectivity index (χ0n) is 13.9. The summed E-state index contributed by atoms with van der Waals surface area (Å²) in [6.45, 7) is 3.04. The second-order valence-electron chi connectivity index (χ2n) is 5.50. The molecular weight excluding hydrogens is 340 g/mol. The molecule has 0 spiro atoms. The summed E-state index contributed by atoms with van der Waals surface area (Å²) in [6.07, 6.45) is 6.88. The van der Waals surface area contributed by atoms with E-state index in [1.54, 1.807) is 13.2 Å². The van der Waals surface area contributed by atoms with Gasteiger partial charge in [-0.05, 0) is 30.0 Å². The molecule has 0 atom stereocenters. The van der Waals surface area contributed by atoms with Gasteiger partial charge in [-0.3, -0.25) is 14.5 Å². The maximum Gasteiger partial charge on any atom is 0.294 e. The van der Waals surface area contributed by atoms with E-state index in [0.29, 0.717) is 23.9 Å². The van der Waals surface area contributed by atoms with Crippen LogP contribution in [0.4, 0.5) is 10.5 Å². The number of imide groups is 1. The Bertz CT molecular complexity index is 763. The van der Waals surface area contributed by atoms with Crippen LogP contribution in [0.1, 0.15) is 5.56 Å². The van der Waals surface area contributed by atoms with Gasteiger partial charge in [0.2, 0.25) is 0 Å². The number of methoxy groups -OCH3 is 1. The highest BCUT2D eigenvalue weighted by atomic mass is 32.2. The Morgan fingerprint density at radius 1 is 1.36 bits per heavy atom. The molecule has 2 saturated heterocycles. The largest absolute Gasteiger partial charge is 0.496 e. The fraction of sp³-hybridized carbons (Fsp3) is 0.333. The molecule has 2 fully saturated rings. The molecule has 1 aromatic rings. The highest BCUT2D eigenvalue weighted by molar-refractivity contribution is 8.18. The number of rotatable bonds is 4. The fourth-order valence-corrected chi connectivity index (χ4v) is 3.54. The Kier molecular flexibility index (Phi) is 5.31. The van der Waals surface area contributed by atoms with Crippen molar-refractivity contribution >= 4 is 34.7 Å². The standard InChI is InChI=1S/C18H18N2O4S/c1-3-6-20-17(21)16(25-18(20)22)11-13-4-5-14(12-15(13)23-2)19-7-9-24-10-8-19/h1,4-5,11-12H,6-10H2,2H3/b16-11-. The van der Waals surface area contributed by atoms with Crippen molar-refractivity contribution in [2.75, 3.05) is 44.9 Å². The molecule has 2 aliphatic heterocycles. The van der Waals surface area contributed by atoms with Crippen LogP contribution in [-0.4, -0.2) is 56.0 Å². The van der Waals surface area contributed by atoms with Gasteiger partial charge in [-0.15, -0.1) is 6.42 Å². The summed E-state index contributed by atoms with van der Waals surface area (Å²) in [7, 11) is 1.58. The molecule has 130 valence electrons. The first-order valence-electron chi connectivity index (χ1n) is 7.83. The van der Waals surface area contributed by atoms with Gasteiger partial charge < -0.3 is 14.4 Å². The lowest BCUT2D eigenvalue weighted by atomic mass is 10.1. The van der Waals surface area contributed by atoms with Crippen molar-refractivity contribution in [2.24, 2.45) is 0 Å². The predicted octanol–water partition coefficient (Wildman–Crippen LogP) is 2.20. The molecule has 0 unspecified atom stereocenters. The van der Waals surface area contributed by atoms with Crippen LogP contribution in [0.3, 0.4) is 0 Å². The number of ether oxygens (including phenoxy) is 2. The Morgan fingerprint density at radius 3 is 2.80 bits per heavy atom. The molecule has 0 saturated carbocycles. The molecule has 25 heavy (non-hydrogen) atoms. The van der Waals surface area contributed by atoms with E-state index in [4.69, 9.17) is 15.9 Å². The van der Waals surface area contributed by atoms with E-state index in [1.807, 2.05) is 18.2 Å². The van der Waals surface area contributed by atoms with Crippen molar-refractivity contribution < 1.29 is 19.1 Å². The molecule has 7 heteroatoms. The number of thioether (sulfide) groups is 1. The van der Waals surface area contributed by atoms with Gasteiger partial charge in [-0.25, -0.2) is 0 Å². The van der Waals surface area contributed by atoms with E-state index < -0.39 is 0 Å². The normalized spacial score (nSPS) is 19.4. The van der Waals surface area contributed by atoms with E-state index in [2.05, 4.69) is 10.8 Å². The Balaban J connectivity index is 1.86. The van der Waals surface area contributed by atoms with E-state index in [9.17, 15) is 9.59 Å². The van der Waals surface area contributed by atoms with E-state index in [1.165, 1.54) is 0 Å². The Hall–Kier alpha value is -2.43. The molecule has 3 rings (SSSR count). The van der Waals surface area contributed by atoms with Crippen LogP contribution in [0, 0.1) is 12.3 Å². The van der Waals surface area contributed by atoms with Gasteiger partial charge in [0.25, 0.3) is 11.1 Å². The summed E-state index contributed by atoms with van der Waals surface area (Å²) in [5, 5.41) is -0.349. The van der Waals surface area contributed by atoms with Crippen molar-refractivity contribution in [3.05, 3.63) is 28.7 Å². The highest BCUT2D eigenvalue weighted by Gasteiger charge is 2.34. The Morgan fingerprint density at radius 2 is 2.12 bits per heavy atom. The highest BCUT2D eigenvalue weighted by Crippen LogP contribution is 2.35. The molecule has 0 N–H and O–H groups in total. The molecule has 0 aromatic heterocycles. The number of morpholine rings is 1. The monoisotopic (exact) mass is 358 g/mol. The molecule has 2 heterocycles. The van der Waals surface area contributed by atoms with Gasteiger partial charge >= 0.3 is 0 Å². The minimum absolute atomic E-state index is 0.0187. The average molecular weight is 358 g/mol. The third-order valence-corrected chi connectivity index (χ3v) is 4.91. The zero-order valence-corrected chi connectivity index (χ0v) is 14.7. The summed E-state index contributed by atoms with van der Waals surface area (Å²) >= 11 is 0.889. The van der Waals surface area contributed by atoms with Gasteiger partial charge in [0.15, 0.2) is 0 Å². The first-order valence-corrected chi connectivity index (χ1v) is 8.65. The molecular formula is C18H18N2O4S. The van der Waals surface area contributed by atoms with Crippen LogP contribution in [0.5, 0.6) is 5.75 Å². The lowest BCUT2D eigenvalue weighted by molar-refractivity contribution is -0.122. The van der Waals surface area contributed by atoms with Crippen molar-refractivity contribution in [2.45, 2.75) is 0 Å². The number of terminal acetylenes is 1. The lowest BCUT2D eigenvalue weighted by Gasteiger charge is -2.29. The third-order valence-electron chi connectivity index (χ3n) is 4.00. The van der Waals surface area contributed by atoms with E-state index in [0.717, 1.165) is 41.0 Å². The lowest BCUT2D eigenvalue weighted by Crippen LogP contribution is -2.36. The van der Waals surface area contributed by atoms with Crippen LogP contribution >= 0.6 is 11.8 Å². The van der Waals surface area contributed by atoms with Crippen LogP contribution in [0.25, 0.3) is 6.08 Å². The molecule has 6 nitrogen and oxygen atoms in total. The van der Waals surface area contributed by atoms with Crippen molar-refractivity contribution in [3.63, 3.8) is 0 Å². The first kappa shape index (κ1) is 17.4. The van der Waals surface area contributed by atoms with Gasteiger partial charge in [-0.2, -0.15) is 0 Å². The van der Waals surface area contributed by atoms with Gasteiger partial charge in [-0.1, -0.05) is 5.92 Å². The quantitative estimate of drug-likeness (QED) is 0.608. The molecule has 0 aliphatic carbocycles. The number of carbonyl (C=O) groups excluding carboxylic acids is 2. The fourth-order valence-electron chi connectivity index (χ4n) is 2.71. The van der Waals surface area contributed by atoms with Crippen LogP contribution in [-0.2, 0) is 9.53 Å². The zero-order chi connectivity index (χ0) is 17.8. The predicted molar refractivity (Wildman–Crippen MR) is 97.5 cm³/mol. The second-order valence-corrected chi connectivity index (χ2v) is 6.49. The number of hydrogen-bond donors (Lipinski definition) is 0. The molecule has 0 bridgehead atoms. The van der Waals surface area contributed by atoms with Gasteiger partial charge in [0, 0.05) is 30.4 Å².